The molecule has 1 N–H and O–H groups in total. The van der Waals surface area contributed by atoms with Crippen molar-refractivity contribution in [1.29, 1.82) is 0 Å². The lowest BCUT2D eigenvalue weighted by atomic mass is 10.1. The molecular formula is C18H21N5S. The summed E-state index contributed by atoms with van der Waals surface area (Å²) in [7, 11) is 0. The molecule has 0 bridgehead atoms. The summed E-state index contributed by atoms with van der Waals surface area (Å²) >= 11 is 1.74. The summed E-state index contributed by atoms with van der Waals surface area (Å²) in [5.74, 6) is 1.06. The number of aromatic nitrogens is 3. The van der Waals surface area contributed by atoms with Crippen LogP contribution in [0.2, 0.25) is 0 Å². The van der Waals surface area contributed by atoms with Gasteiger partial charge in [0, 0.05) is 30.9 Å². The van der Waals surface area contributed by atoms with Crippen molar-refractivity contribution >= 4 is 32.5 Å². The van der Waals surface area contributed by atoms with Crippen LogP contribution < -0.4 is 10.2 Å². The number of thiazole rings is 1. The lowest BCUT2D eigenvalue weighted by Gasteiger charge is -2.33. The zero-order chi connectivity index (χ0) is 16.4. The standard InChI is InChI=1S/C18H21N5S/c1-2-13-11-17(20-12-19-13)23-9-7-14(8-10-23)21-18-22-15-5-3-4-6-16(15)24-18/h3-6,11-12,14H,2,7-10H2,1H3,(H,21,22). The van der Waals surface area contributed by atoms with Gasteiger partial charge in [-0.1, -0.05) is 30.4 Å². The van der Waals surface area contributed by atoms with Crippen LogP contribution in [-0.4, -0.2) is 34.1 Å². The molecule has 1 saturated heterocycles. The summed E-state index contributed by atoms with van der Waals surface area (Å²) in [5, 5.41) is 4.65. The third-order valence-corrected chi connectivity index (χ3v) is 5.48. The number of piperidine rings is 1. The van der Waals surface area contributed by atoms with Crippen molar-refractivity contribution in [3.8, 4) is 0 Å². The fourth-order valence-electron chi connectivity index (χ4n) is 3.11. The molecule has 0 radical (unpaired) electrons. The second kappa shape index (κ2) is 6.73. The number of nitrogens with one attached hydrogen (secondary N) is 1. The van der Waals surface area contributed by atoms with E-state index in [1.54, 1.807) is 17.7 Å². The van der Waals surface area contributed by atoms with Gasteiger partial charge in [-0.3, -0.25) is 0 Å². The van der Waals surface area contributed by atoms with Crippen LogP contribution in [0.3, 0.4) is 0 Å². The van der Waals surface area contributed by atoms with Gasteiger partial charge < -0.3 is 10.2 Å². The molecule has 1 aliphatic heterocycles. The van der Waals surface area contributed by atoms with Gasteiger partial charge >= 0.3 is 0 Å². The maximum atomic E-state index is 4.68. The molecule has 4 rings (SSSR count). The molecular weight excluding hydrogens is 318 g/mol. The summed E-state index contributed by atoms with van der Waals surface area (Å²) in [6.07, 6.45) is 4.83. The second-order valence-corrected chi connectivity index (χ2v) is 7.14. The number of nitrogens with zero attached hydrogens (tertiary/aromatic N) is 4. The molecule has 5 nitrogen and oxygen atoms in total. The Kier molecular flexibility index (Phi) is 4.30. The van der Waals surface area contributed by atoms with Crippen molar-refractivity contribution in [2.24, 2.45) is 0 Å². The summed E-state index contributed by atoms with van der Waals surface area (Å²) in [5.41, 5.74) is 2.19. The fourth-order valence-corrected chi connectivity index (χ4v) is 4.06. The Morgan fingerprint density at radius 1 is 1.21 bits per heavy atom. The molecule has 1 aliphatic rings. The summed E-state index contributed by atoms with van der Waals surface area (Å²) in [6.45, 7) is 4.16. The molecule has 6 heteroatoms. The third kappa shape index (κ3) is 3.19. The normalized spacial score (nSPS) is 15.8. The lowest BCUT2D eigenvalue weighted by molar-refractivity contribution is 0.523. The van der Waals surface area contributed by atoms with Gasteiger partial charge in [-0.05, 0) is 31.4 Å². The number of aryl methyl sites for hydroxylation is 1. The topological polar surface area (TPSA) is 53.9 Å². The summed E-state index contributed by atoms with van der Waals surface area (Å²) in [6, 6.07) is 10.9. The van der Waals surface area contributed by atoms with Gasteiger partial charge in [0.2, 0.25) is 0 Å². The quantitative estimate of drug-likeness (QED) is 0.785. The Morgan fingerprint density at radius 3 is 2.83 bits per heavy atom. The molecule has 1 aromatic carbocycles. The summed E-state index contributed by atoms with van der Waals surface area (Å²) < 4.78 is 1.24. The van der Waals surface area contributed by atoms with E-state index in [1.807, 2.05) is 6.07 Å². The maximum Gasteiger partial charge on any atom is 0.184 e. The van der Waals surface area contributed by atoms with Crippen molar-refractivity contribution in [2.75, 3.05) is 23.3 Å². The van der Waals surface area contributed by atoms with Crippen molar-refractivity contribution in [3.63, 3.8) is 0 Å². The van der Waals surface area contributed by atoms with E-state index in [-0.39, 0.29) is 0 Å². The Labute approximate surface area is 145 Å². The number of rotatable bonds is 4. The molecule has 0 unspecified atom stereocenters. The minimum Gasteiger partial charge on any atom is -0.359 e. The van der Waals surface area contributed by atoms with Crippen molar-refractivity contribution < 1.29 is 0 Å². The maximum absolute atomic E-state index is 4.68. The molecule has 0 spiro atoms. The Morgan fingerprint density at radius 2 is 2.04 bits per heavy atom. The van der Waals surface area contributed by atoms with Gasteiger partial charge in [0.1, 0.15) is 12.1 Å². The fraction of sp³-hybridized carbons (Fsp3) is 0.389. The first-order valence-electron chi connectivity index (χ1n) is 8.50. The van der Waals surface area contributed by atoms with Gasteiger partial charge in [0.05, 0.1) is 10.2 Å². The van der Waals surface area contributed by atoms with E-state index >= 15 is 0 Å². The van der Waals surface area contributed by atoms with Crippen LogP contribution in [0.4, 0.5) is 10.9 Å². The predicted molar refractivity (Wildman–Crippen MR) is 99.9 cm³/mol. The number of anilines is 2. The van der Waals surface area contributed by atoms with Gasteiger partial charge in [-0.15, -0.1) is 0 Å². The van der Waals surface area contributed by atoms with E-state index in [1.165, 1.54) is 4.70 Å². The first-order valence-corrected chi connectivity index (χ1v) is 9.31. The largest absolute Gasteiger partial charge is 0.359 e. The summed E-state index contributed by atoms with van der Waals surface area (Å²) in [4.78, 5) is 15.8. The van der Waals surface area contributed by atoms with Crippen LogP contribution in [0.15, 0.2) is 36.7 Å². The molecule has 124 valence electrons. The smallest absolute Gasteiger partial charge is 0.184 e. The van der Waals surface area contributed by atoms with Crippen LogP contribution in [-0.2, 0) is 6.42 Å². The van der Waals surface area contributed by atoms with Crippen LogP contribution in [0, 0.1) is 0 Å². The average molecular weight is 339 g/mol. The van der Waals surface area contributed by atoms with Gasteiger partial charge in [-0.2, -0.15) is 0 Å². The molecule has 0 amide bonds. The zero-order valence-corrected chi connectivity index (χ0v) is 14.6. The van der Waals surface area contributed by atoms with E-state index in [0.717, 1.165) is 54.5 Å². The van der Waals surface area contributed by atoms with E-state index in [2.05, 4.69) is 56.4 Å². The molecule has 3 heterocycles. The highest BCUT2D eigenvalue weighted by Crippen LogP contribution is 2.28. The van der Waals surface area contributed by atoms with Crippen molar-refractivity contribution in [1.82, 2.24) is 15.0 Å². The van der Waals surface area contributed by atoms with E-state index < -0.39 is 0 Å². The monoisotopic (exact) mass is 339 g/mol. The average Bonchev–Trinajstić information content (AvgIpc) is 3.04. The molecule has 24 heavy (non-hydrogen) atoms. The molecule has 2 aromatic heterocycles. The number of fused-ring (bicyclic) bond motifs is 1. The minimum atomic E-state index is 0.481. The number of para-hydroxylation sites is 1. The molecule has 0 aliphatic carbocycles. The Hall–Kier alpha value is -2.21. The van der Waals surface area contributed by atoms with Crippen molar-refractivity contribution in [3.05, 3.63) is 42.4 Å². The van der Waals surface area contributed by atoms with Gasteiger partial charge in [0.25, 0.3) is 0 Å². The molecule has 3 aromatic rings. The van der Waals surface area contributed by atoms with E-state index in [0.29, 0.717) is 6.04 Å². The SMILES string of the molecule is CCc1cc(N2CCC(Nc3nc4ccccc4s3)CC2)ncn1. The van der Waals surface area contributed by atoms with Crippen LogP contribution >= 0.6 is 11.3 Å². The Bertz CT molecular complexity index is 790. The highest BCUT2D eigenvalue weighted by atomic mass is 32.1. The van der Waals surface area contributed by atoms with Gasteiger partial charge in [-0.25, -0.2) is 15.0 Å². The molecule has 0 atom stereocenters. The number of hydrogen-bond acceptors (Lipinski definition) is 6. The van der Waals surface area contributed by atoms with E-state index in [4.69, 9.17) is 0 Å². The predicted octanol–water partition coefficient (Wildman–Crippen LogP) is 3.73. The van der Waals surface area contributed by atoms with Gasteiger partial charge in [0.15, 0.2) is 5.13 Å². The van der Waals surface area contributed by atoms with Crippen LogP contribution in [0.25, 0.3) is 10.2 Å². The first kappa shape index (κ1) is 15.3. The highest BCUT2D eigenvalue weighted by Gasteiger charge is 2.21. The number of benzene rings is 1. The Balaban J connectivity index is 1.38. The third-order valence-electron chi connectivity index (χ3n) is 4.51. The first-order chi connectivity index (χ1) is 11.8. The minimum absolute atomic E-state index is 0.481. The second-order valence-electron chi connectivity index (χ2n) is 6.11. The van der Waals surface area contributed by atoms with Crippen LogP contribution in [0.5, 0.6) is 0 Å². The highest BCUT2D eigenvalue weighted by molar-refractivity contribution is 7.22. The van der Waals surface area contributed by atoms with Crippen molar-refractivity contribution in [2.45, 2.75) is 32.2 Å². The van der Waals surface area contributed by atoms with E-state index in [9.17, 15) is 0 Å². The number of hydrogen-bond donors (Lipinski definition) is 1. The van der Waals surface area contributed by atoms with Crippen LogP contribution in [0.1, 0.15) is 25.5 Å². The zero-order valence-electron chi connectivity index (χ0n) is 13.8. The molecule has 0 saturated carbocycles. The molecule has 1 fully saturated rings. The lowest BCUT2D eigenvalue weighted by Crippen LogP contribution is -2.39.